The third-order valence-electron chi connectivity index (χ3n) is 6.28. The Kier molecular flexibility index (Phi) is 7.18. The molecule has 2 aromatic rings. The van der Waals surface area contributed by atoms with Crippen molar-refractivity contribution >= 4 is 25.8 Å². The van der Waals surface area contributed by atoms with Gasteiger partial charge in [-0.25, -0.2) is 21.6 Å². The summed E-state index contributed by atoms with van der Waals surface area (Å²) < 4.78 is 51.8. The number of carbonyl (C=O) groups excluding carboxylic acids is 1. The molecule has 0 spiro atoms. The topological polar surface area (TPSA) is 104 Å². The fourth-order valence-corrected chi connectivity index (χ4v) is 6.96. The van der Waals surface area contributed by atoms with Gasteiger partial charge in [0.2, 0.25) is 15.9 Å². The van der Waals surface area contributed by atoms with Crippen molar-refractivity contribution in [1.29, 1.82) is 0 Å². The monoisotopic (exact) mass is 491 g/mol. The SMILES string of the molecule is O=C(C(c1ccccc1)N1CCS(=O)(=O)CC1)N1CCC(NS(=O)(=O)c2ccccc2)CC1. The lowest BCUT2D eigenvalue weighted by Crippen LogP contribution is -2.52. The molecule has 4 rings (SSSR count). The quantitative estimate of drug-likeness (QED) is 0.656. The zero-order valence-electron chi connectivity index (χ0n) is 18.3. The largest absolute Gasteiger partial charge is 0.341 e. The second kappa shape index (κ2) is 9.92. The van der Waals surface area contributed by atoms with Crippen LogP contribution < -0.4 is 4.72 Å². The van der Waals surface area contributed by atoms with Gasteiger partial charge in [0, 0.05) is 32.2 Å². The maximum atomic E-state index is 13.6. The Balaban J connectivity index is 1.43. The molecule has 2 aliphatic heterocycles. The van der Waals surface area contributed by atoms with Gasteiger partial charge in [0.25, 0.3) is 0 Å². The third-order valence-corrected chi connectivity index (χ3v) is 9.42. The summed E-state index contributed by atoms with van der Waals surface area (Å²) in [4.78, 5) is 17.5. The first-order valence-electron chi connectivity index (χ1n) is 11.1. The second-order valence-corrected chi connectivity index (χ2v) is 12.6. The zero-order chi connectivity index (χ0) is 23.5. The van der Waals surface area contributed by atoms with Gasteiger partial charge in [0.15, 0.2) is 9.84 Å². The Morgan fingerprint density at radius 1 is 0.879 bits per heavy atom. The van der Waals surface area contributed by atoms with Crippen molar-refractivity contribution in [2.75, 3.05) is 37.7 Å². The molecule has 0 aromatic heterocycles. The van der Waals surface area contributed by atoms with E-state index in [9.17, 15) is 21.6 Å². The molecule has 2 fully saturated rings. The maximum absolute atomic E-state index is 13.6. The first-order valence-corrected chi connectivity index (χ1v) is 14.4. The molecule has 0 aliphatic carbocycles. The summed E-state index contributed by atoms with van der Waals surface area (Å²) in [5, 5.41) is 0. The molecule has 2 aliphatic rings. The number of likely N-dealkylation sites (tertiary alicyclic amines) is 1. The Bertz CT molecular complexity index is 1150. The zero-order valence-corrected chi connectivity index (χ0v) is 20.0. The van der Waals surface area contributed by atoms with Gasteiger partial charge in [-0.2, -0.15) is 0 Å². The van der Waals surface area contributed by atoms with Gasteiger partial charge in [-0.1, -0.05) is 48.5 Å². The van der Waals surface area contributed by atoms with Gasteiger partial charge < -0.3 is 4.90 Å². The number of hydrogen-bond acceptors (Lipinski definition) is 6. The van der Waals surface area contributed by atoms with Crippen molar-refractivity contribution in [1.82, 2.24) is 14.5 Å². The normalized spacial score (nSPS) is 20.9. The van der Waals surface area contributed by atoms with Gasteiger partial charge in [-0.3, -0.25) is 9.69 Å². The molecule has 10 heteroatoms. The van der Waals surface area contributed by atoms with E-state index in [0.717, 1.165) is 5.56 Å². The number of nitrogens with zero attached hydrogens (tertiary/aromatic N) is 2. The number of amides is 1. The number of sulfonamides is 1. The van der Waals surface area contributed by atoms with E-state index in [-0.39, 0.29) is 28.4 Å². The molecule has 8 nitrogen and oxygen atoms in total. The second-order valence-electron chi connectivity index (χ2n) is 8.53. The highest BCUT2D eigenvalue weighted by Gasteiger charge is 2.36. The number of sulfone groups is 1. The van der Waals surface area contributed by atoms with Crippen molar-refractivity contribution in [2.24, 2.45) is 0 Å². The molecule has 2 aromatic carbocycles. The minimum absolute atomic E-state index is 0.0486. The van der Waals surface area contributed by atoms with Crippen LogP contribution in [0.5, 0.6) is 0 Å². The van der Waals surface area contributed by atoms with Crippen LogP contribution in [-0.2, 0) is 24.7 Å². The molecule has 0 saturated carbocycles. The Labute approximate surface area is 195 Å². The van der Waals surface area contributed by atoms with E-state index in [1.54, 1.807) is 35.2 Å². The minimum atomic E-state index is -3.60. The van der Waals surface area contributed by atoms with Crippen LogP contribution in [0, 0.1) is 0 Å². The molecular weight excluding hydrogens is 462 g/mol. The number of carbonyl (C=O) groups is 1. The van der Waals surface area contributed by atoms with Crippen LogP contribution in [0.25, 0.3) is 0 Å². The van der Waals surface area contributed by atoms with Gasteiger partial charge in [-0.05, 0) is 30.5 Å². The Morgan fingerprint density at radius 3 is 2.00 bits per heavy atom. The van der Waals surface area contributed by atoms with Crippen molar-refractivity contribution in [3.05, 3.63) is 66.2 Å². The highest BCUT2D eigenvalue weighted by Crippen LogP contribution is 2.27. The predicted molar refractivity (Wildman–Crippen MR) is 126 cm³/mol. The number of piperidine rings is 1. The van der Waals surface area contributed by atoms with E-state index in [1.807, 2.05) is 35.2 Å². The van der Waals surface area contributed by atoms with Crippen LogP contribution in [0.1, 0.15) is 24.4 Å². The fraction of sp³-hybridized carbons (Fsp3) is 0.435. The van der Waals surface area contributed by atoms with Gasteiger partial charge in [0.1, 0.15) is 6.04 Å². The van der Waals surface area contributed by atoms with Gasteiger partial charge in [-0.15, -0.1) is 0 Å². The summed E-state index contributed by atoms with van der Waals surface area (Å²) in [5.74, 6) is 0.0322. The van der Waals surface area contributed by atoms with Crippen molar-refractivity contribution in [3.8, 4) is 0 Å². The fourth-order valence-electron chi connectivity index (χ4n) is 4.41. The molecule has 2 saturated heterocycles. The van der Waals surface area contributed by atoms with Crippen LogP contribution >= 0.6 is 0 Å². The lowest BCUT2D eigenvalue weighted by Gasteiger charge is -2.39. The van der Waals surface area contributed by atoms with E-state index in [2.05, 4.69) is 4.72 Å². The Hall–Kier alpha value is -2.27. The standard InChI is InChI=1S/C23H29N3O5S2/c27-23(22(19-7-3-1-4-8-19)25-15-17-32(28,29)18-16-25)26-13-11-20(12-14-26)24-33(30,31)21-9-5-2-6-10-21/h1-10,20,22,24H,11-18H2. The molecule has 1 unspecified atom stereocenters. The summed E-state index contributed by atoms with van der Waals surface area (Å²) >= 11 is 0. The van der Waals surface area contributed by atoms with E-state index >= 15 is 0 Å². The molecule has 0 bridgehead atoms. The maximum Gasteiger partial charge on any atom is 0.244 e. The lowest BCUT2D eigenvalue weighted by molar-refractivity contribution is -0.138. The van der Waals surface area contributed by atoms with Crippen molar-refractivity contribution in [3.63, 3.8) is 0 Å². The van der Waals surface area contributed by atoms with Gasteiger partial charge >= 0.3 is 0 Å². The third kappa shape index (κ3) is 5.81. The van der Waals surface area contributed by atoms with Crippen molar-refractivity contribution in [2.45, 2.75) is 29.8 Å². The molecular formula is C23H29N3O5S2. The van der Waals surface area contributed by atoms with E-state index < -0.39 is 25.9 Å². The molecule has 1 N–H and O–H groups in total. The smallest absolute Gasteiger partial charge is 0.244 e. The molecule has 1 amide bonds. The average molecular weight is 492 g/mol. The van der Waals surface area contributed by atoms with Crippen LogP contribution in [0.3, 0.4) is 0 Å². The van der Waals surface area contributed by atoms with E-state index in [0.29, 0.717) is 39.0 Å². The van der Waals surface area contributed by atoms with Crippen LogP contribution in [-0.4, -0.2) is 76.3 Å². The minimum Gasteiger partial charge on any atom is -0.341 e. The molecule has 2 heterocycles. The van der Waals surface area contributed by atoms with E-state index in [1.165, 1.54) is 0 Å². The highest BCUT2D eigenvalue weighted by molar-refractivity contribution is 7.91. The summed E-state index contributed by atoms with van der Waals surface area (Å²) in [5.41, 5.74) is 0.841. The summed E-state index contributed by atoms with van der Waals surface area (Å²) in [7, 11) is -6.66. The van der Waals surface area contributed by atoms with Crippen LogP contribution in [0.2, 0.25) is 0 Å². The first-order chi connectivity index (χ1) is 15.8. The average Bonchev–Trinajstić information content (AvgIpc) is 2.82. The molecule has 178 valence electrons. The Morgan fingerprint density at radius 2 is 1.42 bits per heavy atom. The number of nitrogens with one attached hydrogen (secondary N) is 1. The molecule has 33 heavy (non-hydrogen) atoms. The van der Waals surface area contributed by atoms with E-state index in [4.69, 9.17) is 0 Å². The number of rotatable bonds is 6. The lowest BCUT2D eigenvalue weighted by atomic mass is 10.0. The van der Waals surface area contributed by atoms with Crippen molar-refractivity contribution < 1.29 is 21.6 Å². The summed E-state index contributed by atoms with van der Waals surface area (Å²) in [6.07, 6.45) is 1.04. The summed E-state index contributed by atoms with van der Waals surface area (Å²) in [6.45, 7) is 1.52. The summed E-state index contributed by atoms with van der Waals surface area (Å²) in [6, 6.07) is 16.9. The van der Waals surface area contributed by atoms with Crippen LogP contribution in [0.4, 0.5) is 0 Å². The number of hydrogen-bond donors (Lipinski definition) is 1. The van der Waals surface area contributed by atoms with Gasteiger partial charge in [0.05, 0.1) is 16.4 Å². The predicted octanol–water partition coefficient (Wildman–Crippen LogP) is 1.43. The number of benzene rings is 2. The molecule has 1 atom stereocenters. The first kappa shape index (κ1) is 23.9. The van der Waals surface area contributed by atoms with Crippen LogP contribution in [0.15, 0.2) is 65.6 Å². The highest BCUT2D eigenvalue weighted by atomic mass is 32.2. The molecule has 0 radical (unpaired) electrons.